The normalized spacial score (nSPS) is 25.1. The van der Waals surface area contributed by atoms with Crippen LogP contribution < -0.4 is 5.73 Å². The Morgan fingerprint density at radius 1 is 1.10 bits per heavy atom. The van der Waals surface area contributed by atoms with Crippen LogP contribution in [0.1, 0.15) is 18.1 Å². The summed E-state index contributed by atoms with van der Waals surface area (Å²) in [5.41, 5.74) is 9.71. The third-order valence-electron chi connectivity index (χ3n) is 3.91. The second-order valence-electron chi connectivity index (χ2n) is 5.40. The highest BCUT2D eigenvalue weighted by Crippen LogP contribution is 2.34. The second kappa shape index (κ2) is 5.85. The van der Waals surface area contributed by atoms with Gasteiger partial charge in [-0.2, -0.15) is 0 Å². The molecule has 4 N–H and O–H groups in total. The molecule has 0 bridgehead atoms. The Balaban J connectivity index is 1.79. The van der Waals surface area contributed by atoms with Crippen LogP contribution in [0.15, 0.2) is 48.5 Å². The molecule has 1 heterocycles. The average molecular weight is 285 g/mol. The van der Waals surface area contributed by atoms with Crippen LogP contribution in [0.25, 0.3) is 11.1 Å². The molecular weight excluding hydrogens is 266 g/mol. The zero-order valence-electron chi connectivity index (χ0n) is 11.6. The number of nitrogen functional groups attached to an aromatic ring is 1. The minimum atomic E-state index is -0.603. The molecule has 0 spiro atoms. The summed E-state index contributed by atoms with van der Waals surface area (Å²) in [6, 6.07) is 15.8. The lowest BCUT2D eigenvalue weighted by Crippen LogP contribution is -2.24. The van der Waals surface area contributed by atoms with E-state index in [1.807, 2.05) is 48.5 Å². The van der Waals surface area contributed by atoms with Gasteiger partial charge in [0.25, 0.3) is 0 Å². The minimum Gasteiger partial charge on any atom is -0.399 e. The van der Waals surface area contributed by atoms with Crippen molar-refractivity contribution in [3.63, 3.8) is 0 Å². The zero-order chi connectivity index (χ0) is 14.8. The van der Waals surface area contributed by atoms with Gasteiger partial charge in [0.15, 0.2) is 0 Å². The molecule has 0 radical (unpaired) electrons. The van der Waals surface area contributed by atoms with Crippen LogP contribution in [0.2, 0.25) is 0 Å². The number of aliphatic hydroxyl groups excluding tert-OH is 2. The molecule has 0 amide bonds. The first-order chi connectivity index (χ1) is 10.2. The van der Waals surface area contributed by atoms with Crippen LogP contribution in [-0.2, 0) is 4.74 Å². The molecule has 1 aliphatic rings. The fourth-order valence-corrected chi connectivity index (χ4v) is 2.72. The van der Waals surface area contributed by atoms with Crippen molar-refractivity contribution < 1.29 is 14.9 Å². The maximum atomic E-state index is 9.78. The van der Waals surface area contributed by atoms with Crippen LogP contribution in [0.3, 0.4) is 0 Å². The average Bonchev–Trinajstić information content (AvgIpc) is 2.88. The van der Waals surface area contributed by atoms with E-state index in [2.05, 4.69) is 0 Å². The molecule has 1 fully saturated rings. The van der Waals surface area contributed by atoms with Gasteiger partial charge in [0, 0.05) is 12.1 Å². The molecule has 110 valence electrons. The molecule has 0 aromatic heterocycles. The van der Waals surface area contributed by atoms with Gasteiger partial charge in [-0.1, -0.05) is 36.4 Å². The highest BCUT2D eigenvalue weighted by Gasteiger charge is 2.34. The summed E-state index contributed by atoms with van der Waals surface area (Å²) in [5.74, 6) is 0. The first-order valence-electron chi connectivity index (χ1n) is 7.07. The van der Waals surface area contributed by atoms with Gasteiger partial charge < -0.3 is 20.7 Å². The summed E-state index contributed by atoms with van der Waals surface area (Å²) in [6.07, 6.45) is -0.729. The van der Waals surface area contributed by atoms with Crippen molar-refractivity contribution in [2.45, 2.75) is 24.7 Å². The third-order valence-corrected chi connectivity index (χ3v) is 3.91. The van der Waals surface area contributed by atoms with Gasteiger partial charge in [-0.15, -0.1) is 0 Å². The number of ether oxygens (including phenoxy) is 1. The molecule has 21 heavy (non-hydrogen) atoms. The van der Waals surface area contributed by atoms with E-state index in [0.717, 1.165) is 22.4 Å². The molecule has 1 aliphatic heterocycles. The van der Waals surface area contributed by atoms with Crippen molar-refractivity contribution >= 4 is 5.69 Å². The quantitative estimate of drug-likeness (QED) is 0.755. The van der Waals surface area contributed by atoms with E-state index in [-0.39, 0.29) is 12.7 Å². The molecule has 2 aromatic rings. The Labute approximate surface area is 123 Å². The molecule has 0 saturated carbocycles. The van der Waals surface area contributed by atoms with Gasteiger partial charge in [-0.3, -0.25) is 0 Å². The Morgan fingerprint density at radius 3 is 2.48 bits per heavy atom. The van der Waals surface area contributed by atoms with Gasteiger partial charge in [-0.05, 0) is 28.8 Å². The number of hydrogen-bond acceptors (Lipinski definition) is 4. The second-order valence-corrected chi connectivity index (χ2v) is 5.40. The summed E-state index contributed by atoms with van der Waals surface area (Å²) >= 11 is 0. The topological polar surface area (TPSA) is 75.7 Å². The van der Waals surface area contributed by atoms with Crippen molar-refractivity contribution in [1.29, 1.82) is 0 Å². The van der Waals surface area contributed by atoms with Crippen LogP contribution in [-0.4, -0.2) is 29.0 Å². The maximum Gasteiger partial charge on any atom is 0.107 e. The van der Waals surface area contributed by atoms with Gasteiger partial charge in [0.2, 0.25) is 0 Å². The lowest BCUT2D eigenvalue weighted by Gasteiger charge is -2.13. The molecule has 2 aromatic carbocycles. The molecule has 4 heteroatoms. The standard InChI is InChI=1S/C17H19NO3/c18-14-3-1-2-13(8-14)11-4-6-12(7-5-11)16-9-15(20)17(10-19)21-16/h1-8,15-17,19-20H,9-10,18H2/t15-,16+,17+/m0/s1. The van der Waals surface area contributed by atoms with Crippen LogP contribution >= 0.6 is 0 Å². The minimum absolute atomic E-state index is 0.154. The van der Waals surface area contributed by atoms with Crippen molar-refractivity contribution in [3.05, 3.63) is 54.1 Å². The summed E-state index contributed by atoms with van der Waals surface area (Å²) in [7, 11) is 0. The van der Waals surface area contributed by atoms with Crippen LogP contribution in [0.4, 0.5) is 5.69 Å². The highest BCUT2D eigenvalue weighted by molar-refractivity contribution is 5.67. The number of anilines is 1. The summed E-state index contributed by atoms with van der Waals surface area (Å²) in [6.45, 7) is -0.154. The Bertz CT molecular complexity index is 612. The number of aliphatic hydroxyl groups is 2. The fourth-order valence-electron chi connectivity index (χ4n) is 2.72. The number of rotatable bonds is 3. The van der Waals surface area contributed by atoms with E-state index in [4.69, 9.17) is 15.6 Å². The third kappa shape index (κ3) is 2.93. The van der Waals surface area contributed by atoms with E-state index in [1.165, 1.54) is 0 Å². The largest absolute Gasteiger partial charge is 0.399 e. The summed E-state index contributed by atoms with van der Waals surface area (Å²) in [5, 5.41) is 18.9. The van der Waals surface area contributed by atoms with Gasteiger partial charge in [0.1, 0.15) is 6.10 Å². The van der Waals surface area contributed by atoms with E-state index < -0.39 is 12.2 Å². The SMILES string of the molecule is Nc1cccc(-c2ccc([C@H]3C[C@H](O)[C@@H](CO)O3)cc2)c1. The molecule has 3 atom stereocenters. The lowest BCUT2D eigenvalue weighted by molar-refractivity contribution is -0.0225. The van der Waals surface area contributed by atoms with E-state index >= 15 is 0 Å². The number of hydrogen-bond donors (Lipinski definition) is 3. The zero-order valence-corrected chi connectivity index (χ0v) is 11.6. The molecule has 1 saturated heterocycles. The van der Waals surface area contributed by atoms with Gasteiger partial charge in [-0.25, -0.2) is 0 Å². The smallest absolute Gasteiger partial charge is 0.107 e. The first kappa shape index (κ1) is 14.1. The predicted molar refractivity (Wildman–Crippen MR) is 81.6 cm³/mol. The van der Waals surface area contributed by atoms with E-state index in [0.29, 0.717) is 6.42 Å². The van der Waals surface area contributed by atoms with E-state index in [1.54, 1.807) is 0 Å². The maximum absolute atomic E-state index is 9.78. The highest BCUT2D eigenvalue weighted by atomic mass is 16.5. The van der Waals surface area contributed by atoms with E-state index in [9.17, 15) is 5.11 Å². The predicted octanol–water partition coefficient (Wildman–Crippen LogP) is 2.12. The Kier molecular flexibility index (Phi) is 3.92. The molecular formula is C17H19NO3. The Hall–Kier alpha value is -1.88. The Morgan fingerprint density at radius 2 is 1.86 bits per heavy atom. The fraction of sp³-hybridized carbons (Fsp3) is 0.294. The number of nitrogens with two attached hydrogens (primary N) is 1. The van der Waals surface area contributed by atoms with Crippen LogP contribution in [0, 0.1) is 0 Å². The van der Waals surface area contributed by atoms with Crippen molar-refractivity contribution in [2.24, 2.45) is 0 Å². The molecule has 4 nitrogen and oxygen atoms in total. The lowest BCUT2D eigenvalue weighted by atomic mass is 10.00. The number of benzene rings is 2. The van der Waals surface area contributed by atoms with Crippen LogP contribution in [0.5, 0.6) is 0 Å². The summed E-state index contributed by atoms with van der Waals surface area (Å²) in [4.78, 5) is 0. The van der Waals surface area contributed by atoms with Gasteiger partial charge >= 0.3 is 0 Å². The molecule has 3 rings (SSSR count). The van der Waals surface area contributed by atoms with Crippen molar-refractivity contribution in [2.75, 3.05) is 12.3 Å². The first-order valence-corrected chi connectivity index (χ1v) is 7.07. The van der Waals surface area contributed by atoms with Crippen molar-refractivity contribution in [1.82, 2.24) is 0 Å². The monoisotopic (exact) mass is 285 g/mol. The molecule has 0 unspecified atom stereocenters. The van der Waals surface area contributed by atoms with Crippen molar-refractivity contribution in [3.8, 4) is 11.1 Å². The van der Waals surface area contributed by atoms with Gasteiger partial charge in [0.05, 0.1) is 18.8 Å². The molecule has 0 aliphatic carbocycles. The summed E-state index contributed by atoms with van der Waals surface area (Å²) < 4.78 is 5.65.